The molecular weight excluding hydrogens is 492 g/mol. The van der Waals surface area contributed by atoms with E-state index >= 15 is 0 Å². The van der Waals surface area contributed by atoms with Crippen LogP contribution in [0.2, 0.25) is 0 Å². The third kappa shape index (κ3) is 6.45. The lowest BCUT2D eigenvalue weighted by molar-refractivity contribution is 0.0846. The van der Waals surface area contributed by atoms with Crippen LogP contribution in [0.4, 0.5) is 5.69 Å². The average molecular weight is 531 g/mol. The summed E-state index contributed by atoms with van der Waals surface area (Å²) in [6.07, 6.45) is 5.90. The molecule has 0 atom stereocenters. The number of nitrogens with one attached hydrogen (secondary N) is 2. The van der Waals surface area contributed by atoms with E-state index in [0.29, 0.717) is 29.1 Å². The fourth-order valence-electron chi connectivity index (χ4n) is 5.40. The molecule has 206 valence electrons. The molecule has 0 bridgehead atoms. The molecule has 8 heteroatoms. The molecule has 1 fully saturated rings. The summed E-state index contributed by atoms with van der Waals surface area (Å²) in [6.45, 7) is 10.4. The first-order valence-corrected chi connectivity index (χ1v) is 13.8. The van der Waals surface area contributed by atoms with Crippen molar-refractivity contribution in [2.24, 2.45) is 0 Å². The normalized spacial score (nSPS) is 13.7. The van der Waals surface area contributed by atoms with E-state index < -0.39 is 0 Å². The Kier molecular flexibility index (Phi) is 9.30. The average Bonchev–Trinajstić information content (AvgIpc) is 2.94. The molecule has 3 aromatic rings. The van der Waals surface area contributed by atoms with Gasteiger partial charge in [0.05, 0.1) is 0 Å². The van der Waals surface area contributed by atoms with Gasteiger partial charge >= 0.3 is 0 Å². The summed E-state index contributed by atoms with van der Waals surface area (Å²) in [4.78, 5) is 47.0. The molecule has 2 N–H and O–H groups in total. The van der Waals surface area contributed by atoms with Crippen molar-refractivity contribution in [3.63, 3.8) is 0 Å². The van der Waals surface area contributed by atoms with Crippen LogP contribution in [0, 0.1) is 13.8 Å². The number of aldehydes is 1. The zero-order chi connectivity index (χ0) is 27.9. The van der Waals surface area contributed by atoms with Crippen molar-refractivity contribution in [2.75, 3.05) is 24.7 Å². The molecule has 1 aliphatic heterocycles. The van der Waals surface area contributed by atoms with Crippen LogP contribution in [0.3, 0.4) is 0 Å². The fraction of sp³-hybridized carbons (Fsp3) is 0.419. The summed E-state index contributed by atoms with van der Waals surface area (Å²) in [5.74, 6) is -0.237. The van der Waals surface area contributed by atoms with Gasteiger partial charge in [-0.25, -0.2) is 0 Å². The van der Waals surface area contributed by atoms with E-state index in [2.05, 4.69) is 40.1 Å². The van der Waals surface area contributed by atoms with Crippen molar-refractivity contribution in [3.8, 4) is 11.1 Å². The number of aromatic nitrogens is 2. The number of carbonyl (C=O) groups excluding carboxylic acids is 2. The Morgan fingerprint density at radius 3 is 2.56 bits per heavy atom. The highest BCUT2D eigenvalue weighted by Crippen LogP contribution is 2.33. The van der Waals surface area contributed by atoms with E-state index in [1.165, 1.54) is 0 Å². The third-order valence-corrected chi connectivity index (χ3v) is 7.46. The summed E-state index contributed by atoms with van der Waals surface area (Å²) in [6, 6.07) is 9.80. The minimum Gasteiger partial charge on any atom is -0.381 e. The molecule has 0 radical (unpaired) electrons. The Morgan fingerprint density at radius 2 is 1.92 bits per heavy atom. The van der Waals surface area contributed by atoms with Gasteiger partial charge in [-0.15, -0.1) is 0 Å². The minimum absolute atomic E-state index is 0.149. The first kappa shape index (κ1) is 28.2. The Labute approximate surface area is 229 Å². The second-order valence-corrected chi connectivity index (χ2v) is 10.1. The van der Waals surface area contributed by atoms with Crippen LogP contribution >= 0.6 is 0 Å². The van der Waals surface area contributed by atoms with E-state index in [-0.39, 0.29) is 18.0 Å². The number of nitrogens with zero attached hydrogens (tertiary/aromatic N) is 2. The number of benzene rings is 1. The van der Waals surface area contributed by atoms with Gasteiger partial charge < -0.3 is 19.9 Å². The van der Waals surface area contributed by atoms with Crippen LogP contribution in [-0.4, -0.2) is 48.0 Å². The van der Waals surface area contributed by atoms with Crippen molar-refractivity contribution >= 4 is 17.9 Å². The first-order valence-electron chi connectivity index (χ1n) is 13.8. The van der Waals surface area contributed by atoms with E-state index in [9.17, 15) is 14.4 Å². The minimum atomic E-state index is -0.237. The van der Waals surface area contributed by atoms with Crippen LogP contribution in [0.1, 0.15) is 76.3 Å². The number of hydrogen-bond acceptors (Lipinski definition) is 6. The Balaban J connectivity index is 1.73. The molecule has 1 aliphatic rings. The maximum atomic E-state index is 13.7. The van der Waals surface area contributed by atoms with Gasteiger partial charge in [0.25, 0.3) is 11.5 Å². The first-order chi connectivity index (χ1) is 18.9. The fourth-order valence-corrected chi connectivity index (χ4v) is 5.40. The maximum Gasteiger partial charge on any atom is 0.253 e. The second kappa shape index (κ2) is 12.8. The lowest BCUT2D eigenvalue weighted by Crippen LogP contribution is -2.40. The summed E-state index contributed by atoms with van der Waals surface area (Å²) in [5, 5.41) is 3.02. The summed E-state index contributed by atoms with van der Waals surface area (Å²) >= 11 is 0. The van der Waals surface area contributed by atoms with Crippen LogP contribution in [0.5, 0.6) is 0 Å². The van der Waals surface area contributed by atoms with Gasteiger partial charge in [-0.2, -0.15) is 0 Å². The van der Waals surface area contributed by atoms with Crippen molar-refractivity contribution in [3.05, 3.63) is 80.5 Å². The topological polar surface area (TPSA) is 104 Å². The van der Waals surface area contributed by atoms with Crippen LogP contribution < -0.4 is 15.8 Å². The smallest absolute Gasteiger partial charge is 0.253 e. The van der Waals surface area contributed by atoms with Gasteiger partial charge in [0.15, 0.2) is 6.29 Å². The number of rotatable bonds is 10. The molecule has 0 aliphatic carbocycles. The van der Waals surface area contributed by atoms with Crippen molar-refractivity contribution in [2.45, 2.75) is 66.0 Å². The molecule has 0 spiro atoms. The van der Waals surface area contributed by atoms with Gasteiger partial charge in [0.1, 0.15) is 5.69 Å². The molecule has 2 aromatic heterocycles. The molecule has 1 saturated heterocycles. The summed E-state index contributed by atoms with van der Waals surface area (Å²) in [5.41, 5.74) is 6.65. The quantitative estimate of drug-likeness (QED) is 0.367. The molecule has 1 aromatic carbocycles. The Bertz CT molecular complexity index is 1370. The van der Waals surface area contributed by atoms with Crippen molar-refractivity contribution < 1.29 is 14.3 Å². The highest BCUT2D eigenvalue weighted by molar-refractivity contribution is 5.99. The number of carbonyl (C=O) groups is 2. The Morgan fingerprint density at radius 1 is 1.15 bits per heavy atom. The van der Waals surface area contributed by atoms with Gasteiger partial charge in [0, 0.05) is 66.6 Å². The van der Waals surface area contributed by atoms with E-state index in [1.54, 1.807) is 12.3 Å². The second-order valence-electron chi connectivity index (χ2n) is 10.1. The molecule has 0 unspecified atom stereocenters. The standard InChI is InChI=1S/C31H38N4O4/c1-5-7-22-14-20(3)34-31(38)28(22)18-33-30(37)27-15-24(23-8-9-25(19-36)32-17-23)16-29(21(27)4)35(6-2)26-10-12-39-13-11-26/h8-9,14-17,19,26H,5-7,10-13,18H2,1-4H3,(H,33,37)(H,34,38). The third-order valence-electron chi connectivity index (χ3n) is 7.46. The monoisotopic (exact) mass is 530 g/mol. The van der Waals surface area contributed by atoms with Gasteiger partial charge in [-0.3, -0.25) is 19.4 Å². The number of pyridine rings is 2. The van der Waals surface area contributed by atoms with E-state index in [4.69, 9.17) is 4.74 Å². The molecule has 0 saturated carbocycles. The highest BCUT2D eigenvalue weighted by Gasteiger charge is 2.25. The van der Waals surface area contributed by atoms with E-state index in [1.807, 2.05) is 32.0 Å². The molecular formula is C31H38N4O4. The summed E-state index contributed by atoms with van der Waals surface area (Å²) < 4.78 is 5.60. The highest BCUT2D eigenvalue weighted by atomic mass is 16.5. The number of aromatic amines is 1. The zero-order valence-corrected chi connectivity index (χ0v) is 23.3. The lowest BCUT2D eigenvalue weighted by atomic mass is 9.95. The van der Waals surface area contributed by atoms with Gasteiger partial charge in [-0.1, -0.05) is 19.4 Å². The predicted octanol–water partition coefficient (Wildman–Crippen LogP) is 4.75. The van der Waals surface area contributed by atoms with Gasteiger partial charge in [-0.05, 0) is 81.0 Å². The summed E-state index contributed by atoms with van der Waals surface area (Å²) in [7, 11) is 0. The molecule has 8 nitrogen and oxygen atoms in total. The van der Waals surface area contributed by atoms with Crippen LogP contribution in [0.25, 0.3) is 11.1 Å². The van der Waals surface area contributed by atoms with Crippen LogP contribution in [0.15, 0.2) is 41.3 Å². The zero-order valence-electron chi connectivity index (χ0n) is 23.3. The SMILES string of the molecule is CCCc1cc(C)[nH]c(=O)c1CNC(=O)c1cc(-c2ccc(C=O)nc2)cc(N(CC)C2CCOCC2)c1C. The number of H-pyrrole nitrogens is 1. The molecule has 4 rings (SSSR count). The van der Waals surface area contributed by atoms with E-state index in [0.717, 1.165) is 79.1 Å². The Hall–Kier alpha value is -3.78. The largest absolute Gasteiger partial charge is 0.381 e. The molecule has 3 heterocycles. The predicted molar refractivity (Wildman–Crippen MR) is 154 cm³/mol. The number of hydrogen-bond donors (Lipinski definition) is 2. The number of anilines is 1. The van der Waals surface area contributed by atoms with Crippen molar-refractivity contribution in [1.29, 1.82) is 0 Å². The maximum absolute atomic E-state index is 13.7. The molecule has 1 amide bonds. The number of ether oxygens (including phenoxy) is 1. The van der Waals surface area contributed by atoms with Gasteiger partial charge in [0.2, 0.25) is 0 Å². The molecule has 39 heavy (non-hydrogen) atoms. The van der Waals surface area contributed by atoms with Crippen molar-refractivity contribution in [1.82, 2.24) is 15.3 Å². The number of amides is 1. The lowest BCUT2D eigenvalue weighted by Gasteiger charge is -2.37. The number of aryl methyl sites for hydroxylation is 2. The van der Waals surface area contributed by atoms with Crippen LogP contribution in [-0.2, 0) is 17.7 Å².